The molecule has 0 bridgehead atoms. The number of nitrogens with one attached hydrogen (secondary N) is 2. The molecule has 0 unspecified atom stereocenters. The van der Waals surface area contributed by atoms with Crippen molar-refractivity contribution in [1.29, 1.82) is 0 Å². The highest BCUT2D eigenvalue weighted by atomic mass is 35.5. The number of hydrogen-bond donors (Lipinski definition) is 2. The molecule has 6 heteroatoms. The van der Waals surface area contributed by atoms with Gasteiger partial charge < -0.3 is 15.4 Å². The van der Waals surface area contributed by atoms with E-state index in [2.05, 4.69) is 15.4 Å². The van der Waals surface area contributed by atoms with Gasteiger partial charge in [-0.3, -0.25) is 4.79 Å². The molecule has 108 valence electrons. The Kier molecular flexibility index (Phi) is 4.62. The van der Waals surface area contributed by atoms with Gasteiger partial charge in [0, 0.05) is 6.54 Å². The summed E-state index contributed by atoms with van der Waals surface area (Å²) in [5, 5.41) is 6.35. The fourth-order valence-electron chi connectivity index (χ4n) is 2.25. The summed E-state index contributed by atoms with van der Waals surface area (Å²) in [7, 11) is 1.31. The minimum absolute atomic E-state index is 0.0900. The second-order valence-electron chi connectivity index (χ2n) is 4.92. The molecule has 2 rings (SSSR count). The van der Waals surface area contributed by atoms with Crippen LogP contribution < -0.4 is 10.6 Å². The molecule has 5 nitrogen and oxygen atoms in total. The van der Waals surface area contributed by atoms with E-state index in [1.54, 1.807) is 12.1 Å². The van der Waals surface area contributed by atoms with Crippen LogP contribution in [0.1, 0.15) is 17.3 Å². The minimum Gasteiger partial charge on any atom is -0.465 e. The molecule has 1 aliphatic rings. The van der Waals surface area contributed by atoms with Gasteiger partial charge in [-0.2, -0.15) is 0 Å². The van der Waals surface area contributed by atoms with Crippen molar-refractivity contribution in [3.8, 4) is 0 Å². The molecule has 1 fully saturated rings. The minimum atomic E-state index is -0.465. The van der Waals surface area contributed by atoms with Crippen LogP contribution in [0.5, 0.6) is 0 Å². The van der Waals surface area contributed by atoms with E-state index in [4.69, 9.17) is 11.6 Å². The van der Waals surface area contributed by atoms with Gasteiger partial charge in [-0.1, -0.05) is 18.5 Å². The summed E-state index contributed by atoms with van der Waals surface area (Å²) in [5.41, 5.74) is 0.781. The topological polar surface area (TPSA) is 67.4 Å². The highest BCUT2D eigenvalue weighted by Gasteiger charge is 2.29. The number of carbonyl (C=O) groups excluding carboxylic acids is 2. The second-order valence-corrected chi connectivity index (χ2v) is 5.32. The highest BCUT2D eigenvalue weighted by molar-refractivity contribution is 6.33. The number of esters is 1. The number of rotatable bonds is 3. The first-order chi connectivity index (χ1) is 9.52. The van der Waals surface area contributed by atoms with Crippen molar-refractivity contribution in [1.82, 2.24) is 5.32 Å². The number of amides is 1. The normalized spacial score (nSPS) is 21.6. The van der Waals surface area contributed by atoms with Gasteiger partial charge in [0.15, 0.2) is 0 Å². The van der Waals surface area contributed by atoms with Crippen LogP contribution in [0.15, 0.2) is 18.2 Å². The first kappa shape index (κ1) is 14.8. The van der Waals surface area contributed by atoms with E-state index in [1.165, 1.54) is 13.2 Å². The van der Waals surface area contributed by atoms with Gasteiger partial charge >= 0.3 is 5.97 Å². The Morgan fingerprint density at radius 3 is 2.75 bits per heavy atom. The SMILES string of the molecule is COC(=O)c1ccc(Cl)c(NC(=O)[C@@H]2CNC[C@H]2C)c1. The van der Waals surface area contributed by atoms with Gasteiger partial charge in [-0.05, 0) is 30.7 Å². The number of halogens is 1. The predicted molar refractivity (Wildman–Crippen MR) is 76.9 cm³/mol. The Morgan fingerprint density at radius 2 is 2.15 bits per heavy atom. The highest BCUT2D eigenvalue weighted by Crippen LogP contribution is 2.25. The van der Waals surface area contributed by atoms with Gasteiger partial charge in [-0.15, -0.1) is 0 Å². The van der Waals surface area contributed by atoms with Crippen LogP contribution in [-0.4, -0.2) is 32.1 Å². The molecule has 20 heavy (non-hydrogen) atoms. The average molecular weight is 297 g/mol. The Hall–Kier alpha value is -1.59. The molecule has 0 aliphatic carbocycles. The van der Waals surface area contributed by atoms with E-state index in [9.17, 15) is 9.59 Å². The maximum atomic E-state index is 12.2. The fraction of sp³-hybridized carbons (Fsp3) is 0.429. The van der Waals surface area contributed by atoms with Crippen molar-refractivity contribution in [3.05, 3.63) is 28.8 Å². The molecule has 1 saturated heterocycles. The van der Waals surface area contributed by atoms with E-state index in [0.717, 1.165) is 6.54 Å². The monoisotopic (exact) mass is 296 g/mol. The number of hydrogen-bond acceptors (Lipinski definition) is 4. The van der Waals surface area contributed by atoms with E-state index >= 15 is 0 Å². The third-order valence-corrected chi connectivity index (χ3v) is 3.83. The van der Waals surface area contributed by atoms with Crippen molar-refractivity contribution < 1.29 is 14.3 Å². The number of methoxy groups -OCH3 is 1. The maximum Gasteiger partial charge on any atom is 0.337 e. The Morgan fingerprint density at radius 1 is 1.40 bits per heavy atom. The van der Waals surface area contributed by atoms with Crippen LogP contribution in [0.3, 0.4) is 0 Å². The molecule has 1 heterocycles. The fourth-order valence-corrected chi connectivity index (χ4v) is 2.42. The van der Waals surface area contributed by atoms with E-state index in [1.807, 2.05) is 6.92 Å². The van der Waals surface area contributed by atoms with Crippen LogP contribution in [0.25, 0.3) is 0 Å². The summed E-state index contributed by atoms with van der Waals surface area (Å²) in [6, 6.07) is 4.66. The van der Waals surface area contributed by atoms with Crippen LogP contribution in [0, 0.1) is 11.8 Å². The van der Waals surface area contributed by atoms with Crippen molar-refractivity contribution in [3.63, 3.8) is 0 Å². The molecular weight excluding hydrogens is 280 g/mol. The van der Waals surface area contributed by atoms with Crippen LogP contribution in [0.4, 0.5) is 5.69 Å². The lowest BCUT2D eigenvalue weighted by molar-refractivity contribution is -0.120. The summed E-state index contributed by atoms with van der Waals surface area (Å²) in [5.74, 6) is -0.370. The molecule has 0 radical (unpaired) electrons. The molecule has 0 spiro atoms. The molecule has 1 aliphatic heterocycles. The van der Waals surface area contributed by atoms with Gasteiger partial charge in [0.2, 0.25) is 5.91 Å². The summed E-state index contributed by atoms with van der Waals surface area (Å²) in [4.78, 5) is 23.7. The first-order valence-corrected chi connectivity index (χ1v) is 6.80. The van der Waals surface area contributed by atoms with Gasteiger partial charge in [-0.25, -0.2) is 4.79 Å². The standard InChI is InChI=1S/C14H17ClN2O3/c1-8-6-16-7-10(8)13(18)17-12-5-9(14(19)20-2)3-4-11(12)15/h3-5,8,10,16H,6-7H2,1-2H3,(H,17,18)/t8-,10-/m1/s1. The largest absolute Gasteiger partial charge is 0.465 e. The second kappa shape index (κ2) is 6.24. The lowest BCUT2D eigenvalue weighted by Gasteiger charge is -2.15. The van der Waals surface area contributed by atoms with Crippen LogP contribution in [0.2, 0.25) is 5.02 Å². The quantitative estimate of drug-likeness (QED) is 0.836. The van der Waals surface area contributed by atoms with Crippen molar-refractivity contribution >= 4 is 29.2 Å². The molecule has 0 aromatic heterocycles. The summed E-state index contributed by atoms with van der Waals surface area (Å²) < 4.78 is 4.65. The Labute approximate surface area is 122 Å². The Balaban J connectivity index is 2.16. The molecule has 1 amide bonds. The third kappa shape index (κ3) is 3.11. The summed E-state index contributed by atoms with van der Waals surface area (Å²) >= 11 is 6.05. The predicted octanol–water partition coefficient (Wildman–Crippen LogP) is 1.92. The maximum absolute atomic E-state index is 12.2. The smallest absolute Gasteiger partial charge is 0.337 e. The molecule has 1 aromatic rings. The van der Waals surface area contributed by atoms with Crippen molar-refractivity contribution in [2.75, 3.05) is 25.5 Å². The van der Waals surface area contributed by atoms with E-state index < -0.39 is 5.97 Å². The van der Waals surface area contributed by atoms with Crippen LogP contribution in [-0.2, 0) is 9.53 Å². The number of benzene rings is 1. The third-order valence-electron chi connectivity index (χ3n) is 3.50. The molecule has 2 N–H and O–H groups in total. The zero-order chi connectivity index (χ0) is 14.7. The lowest BCUT2D eigenvalue weighted by Crippen LogP contribution is -2.28. The van der Waals surface area contributed by atoms with E-state index in [0.29, 0.717) is 22.8 Å². The molecule has 2 atom stereocenters. The summed E-state index contributed by atoms with van der Waals surface area (Å²) in [6.45, 7) is 3.51. The number of anilines is 1. The van der Waals surface area contributed by atoms with E-state index in [-0.39, 0.29) is 17.7 Å². The number of ether oxygens (including phenoxy) is 1. The summed E-state index contributed by atoms with van der Waals surface area (Å²) in [6.07, 6.45) is 0. The number of carbonyl (C=O) groups is 2. The first-order valence-electron chi connectivity index (χ1n) is 6.42. The lowest BCUT2D eigenvalue weighted by atomic mass is 9.97. The van der Waals surface area contributed by atoms with Gasteiger partial charge in [0.05, 0.1) is 29.3 Å². The zero-order valence-electron chi connectivity index (χ0n) is 11.4. The molecule has 1 aromatic carbocycles. The van der Waals surface area contributed by atoms with Crippen LogP contribution >= 0.6 is 11.6 Å². The van der Waals surface area contributed by atoms with Gasteiger partial charge in [0.25, 0.3) is 0 Å². The Bertz CT molecular complexity index is 533. The van der Waals surface area contributed by atoms with Crippen molar-refractivity contribution in [2.45, 2.75) is 6.92 Å². The average Bonchev–Trinajstić information content (AvgIpc) is 2.86. The molecule has 0 saturated carbocycles. The van der Waals surface area contributed by atoms with Gasteiger partial charge in [0.1, 0.15) is 0 Å². The zero-order valence-corrected chi connectivity index (χ0v) is 12.2. The van der Waals surface area contributed by atoms with Crippen molar-refractivity contribution in [2.24, 2.45) is 11.8 Å². The molecular formula is C14H17ClN2O3.